The molecule has 7 rings (SSSR count). The minimum absolute atomic E-state index is 0.0578. The number of nitrogens with zero attached hydrogens (tertiary/aromatic N) is 2. The van der Waals surface area contributed by atoms with Gasteiger partial charge in [-0.1, -0.05) is 6.07 Å². The van der Waals surface area contributed by atoms with E-state index in [0.29, 0.717) is 70.6 Å². The summed E-state index contributed by atoms with van der Waals surface area (Å²) in [6.45, 7) is 3.22. The van der Waals surface area contributed by atoms with E-state index in [1.165, 1.54) is 41.0 Å². The molecule has 1 N–H and O–H groups in total. The van der Waals surface area contributed by atoms with Crippen molar-refractivity contribution in [3.63, 3.8) is 0 Å². The number of ether oxygens (including phenoxy) is 5. The van der Waals surface area contributed by atoms with Gasteiger partial charge < -0.3 is 29.0 Å². The van der Waals surface area contributed by atoms with E-state index >= 15 is 4.39 Å². The molecule has 10 nitrogen and oxygen atoms in total. The molecule has 3 aromatic carbocycles. The number of nitrogens with one attached hydrogen (secondary N) is 1. The number of methoxy groups -OCH3 is 1. The van der Waals surface area contributed by atoms with Crippen molar-refractivity contribution in [3.8, 4) is 34.4 Å². The van der Waals surface area contributed by atoms with Crippen LogP contribution in [0.25, 0.3) is 16.6 Å². The van der Waals surface area contributed by atoms with Gasteiger partial charge in [-0.05, 0) is 79.9 Å². The first kappa shape index (κ1) is 34.1. The average Bonchev–Trinajstić information content (AvgIpc) is 3.61. The average molecular weight is 698 g/mol. The Balaban J connectivity index is 1.05. The third kappa shape index (κ3) is 7.57. The van der Waals surface area contributed by atoms with Gasteiger partial charge in [-0.3, -0.25) is 19.1 Å². The highest BCUT2D eigenvalue weighted by molar-refractivity contribution is 6.00. The van der Waals surface area contributed by atoms with E-state index in [2.05, 4.69) is 10.3 Å². The molecule has 0 amide bonds. The minimum Gasteiger partial charge on any atom is -0.493 e. The molecule has 51 heavy (non-hydrogen) atoms. The van der Waals surface area contributed by atoms with Crippen LogP contribution in [0.5, 0.6) is 28.7 Å². The molecule has 4 heterocycles. The van der Waals surface area contributed by atoms with Crippen molar-refractivity contribution in [1.82, 2.24) is 14.9 Å². The second-order valence-corrected chi connectivity index (χ2v) is 12.4. The summed E-state index contributed by atoms with van der Waals surface area (Å²) < 4.78 is 59.1. The maximum absolute atomic E-state index is 15.5. The van der Waals surface area contributed by atoms with Gasteiger partial charge in [0.2, 0.25) is 0 Å². The van der Waals surface area contributed by atoms with Crippen LogP contribution in [0.1, 0.15) is 40.7 Å². The number of hydrogen-bond donors (Lipinski definition) is 1. The first-order chi connectivity index (χ1) is 24.9. The van der Waals surface area contributed by atoms with Crippen molar-refractivity contribution in [1.29, 1.82) is 0 Å². The molecular weight excluding hydrogens is 660 g/mol. The third-order valence-electron chi connectivity index (χ3n) is 9.04. The number of carbonyl (C=O) groups excluding carboxylic acids is 1. The summed E-state index contributed by atoms with van der Waals surface area (Å²) in [5, 5.41) is 4.14. The molecule has 0 unspecified atom stereocenters. The summed E-state index contributed by atoms with van der Waals surface area (Å²) >= 11 is 0. The van der Waals surface area contributed by atoms with Crippen molar-refractivity contribution in [2.45, 2.75) is 38.1 Å². The number of benzene rings is 3. The summed E-state index contributed by atoms with van der Waals surface area (Å²) in [7, 11) is 1.55. The van der Waals surface area contributed by atoms with Gasteiger partial charge in [0, 0.05) is 67.2 Å². The SMILES string of the molecule is COc1cc2c(Oc3ccc(CC(=O)c4c5c(cn(-c6ccc(F)cc6)c4=O)CCO5)cc3F)ccnc2cc1OCCCNC1CCOCC1. The highest BCUT2D eigenvalue weighted by Crippen LogP contribution is 2.38. The largest absolute Gasteiger partial charge is 0.493 e. The van der Waals surface area contributed by atoms with Gasteiger partial charge in [0.05, 0.1) is 25.8 Å². The van der Waals surface area contributed by atoms with Crippen LogP contribution >= 0.6 is 0 Å². The third-order valence-corrected chi connectivity index (χ3v) is 9.04. The molecule has 5 aromatic rings. The molecule has 2 aliphatic heterocycles. The summed E-state index contributed by atoms with van der Waals surface area (Å²) in [4.78, 5) is 31.6. The van der Waals surface area contributed by atoms with Crippen LogP contribution in [-0.2, 0) is 17.6 Å². The van der Waals surface area contributed by atoms with Crippen LogP contribution < -0.4 is 29.8 Å². The number of pyridine rings is 2. The number of ketones is 1. The van der Waals surface area contributed by atoms with E-state index in [0.717, 1.165) is 39.0 Å². The van der Waals surface area contributed by atoms with E-state index in [-0.39, 0.29) is 23.5 Å². The summed E-state index contributed by atoms with van der Waals surface area (Å²) in [5.41, 5.74) is 1.31. The molecule has 0 aliphatic carbocycles. The van der Waals surface area contributed by atoms with E-state index in [9.17, 15) is 14.0 Å². The number of Topliss-reactive ketones (excluding diaryl/α,β-unsaturated/α-hetero) is 1. The molecule has 1 saturated heterocycles. The monoisotopic (exact) mass is 697 g/mol. The lowest BCUT2D eigenvalue weighted by Gasteiger charge is -2.23. The first-order valence-electron chi connectivity index (χ1n) is 17.0. The number of carbonyl (C=O) groups is 1. The zero-order valence-electron chi connectivity index (χ0n) is 28.1. The van der Waals surface area contributed by atoms with Gasteiger partial charge in [-0.2, -0.15) is 0 Å². The standard InChI is InChI=1S/C39H37F2N3O7/c1-47-35-21-29-31(22-36(35)49-15-2-13-42-27-11-16-48-17-12-27)43-14-9-33(29)51-34-8-3-24(19-30(34)41)20-32(45)37-38-25(10-18-50-38)23-44(39(37)46)28-6-4-26(40)5-7-28/h3-9,14,19,21-23,27,42H,2,10-13,15-18,20H2,1H3. The molecule has 2 aromatic heterocycles. The van der Waals surface area contributed by atoms with Crippen LogP contribution in [0.4, 0.5) is 8.78 Å². The molecule has 2 aliphatic rings. The van der Waals surface area contributed by atoms with Gasteiger partial charge >= 0.3 is 0 Å². The molecule has 12 heteroatoms. The Morgan fingerprint density at radius 1 is 0.980 bits per heavy atom. The Morgan fingerprint density at radius 3 is 2.59 bits per heavy atom. The lowest BCUT2D eigenvalue weighted by molar-refractivity contribution is 0.0777. The molecular formula is C39H37F2N3O7. The topological polar surface area (TPSA) is 110 Å². The van der Waals surface area contributed by atoms with Crippen LogP contribution in [0.15, 0.2) is 77.9 Å². The lowest BCUT2D eigenvalue weighted by atomic mass is 10.0. The molecule has 0 saturated carbocycles. The second kappa shape index (κ2) is 15.3. The van der Waals surface area contributed by atoms with E-state index < -0.39 is 23.0 Å². The maximum Gasteiger partial charge on any atom is 0.269 e. The smallest absolute Gasteiger partial charge is 0.269 e. The number of hydrogen-bond acceptors (Lipinski definition) is 9. The van der Waals surface area contributed by atoms with Crippen molar-refractivity contribution >= 4 is 16.7 Å². The second-order valence-electron chi connectivity index (χ2n) is 12.4. The van der Waals surface area contributed by atoms with Crippen molar-refractivity contribution in [2.75, 3.05) is 40.1 Å². The zero-order chi connectivity index (χ0) is 35.3. The Morgan fingerprint density at radius 2 is 1.80 bits per heavy atom. The number of aromatic nitrogens is 2. The lowest BCUT2D eigenvalue weighted by Crippen LogP contribution is -2.35. The van der Waals surface area contributed by atoms with Gasteiger partial charge in [-0.25, -0.2) is 8.78 Å². The fraction of sp³-hybridized carbons (Fsp3) is 0.308. The summed E-state index contributed by atoms with van der Waals surface area (Å²) in [6, 6.07) is 15.3. The number of rotatable bonds is 13. The van der Waals surface area contributed by atoms with Crippen LogP contribution in [0.2, 0.25) is 0 Å². The van der Waals surface area contributed by atoms with Crippen molar-refractivity contribution in [3.05, 3.63) is 112 Å². The Labute approximate surface area is 292 Å². The summed E-state index contributed by atoms with van der Waals surface area (Å²) in [6.07, 6.45) is 6.27. The van der Waals surface area contributed by atoms with Gasteiger partial charge in [0.1, 0.15) is 22.9 Å². The van der Waals surface area contributed by atoms with E-state index in [1.54, 1.807) is 43.8 Å². The van der Waals surface area contributed by atoms with Gasteiger partial charge in [0.15, 0.2) is 28.8 Å². The van der Waals surface area contributed by atoms with Crippen LogP contribution in [0, 0.1) is 11.6 Å². The predicted molar refractivity (Wildman–Crippen MR) is 186 cm³/mol. The Hall–Kier alpha value is -5.33. The number of halogens is 2. The zero-order valence-corrected chi connectivity index (χ0v) is 28.1. The van der Waals surface area contributed by atoms with Crippen LogP contribution in [-0.4, -0.2) is 61.5 Å². The van der Waals surface area contributed by atoms with E-state index in [4.69, 9.17) is 23.7 Å². The fourth-order valence-electron chi connectivity index (χ4n) is 6.38. The molecule has 0 bridgehead atoms. The quantitative estimate of drug-likeness (QED) is 0.111. The summed E-state index contributed by atoms with van der Waals surface area (Å²) in [5.74, 6) is -0.0993. The van der Waals surface area contributed by atoms with Gasteiger partial charge in [0.25, 0.3) is 5.56 Å². The highest BCUT2D eigenvalue weighted by atomic mass is 19.1. The van der Waals surface area contributed by atoms with Gasteiger partial charge in [-0.15, -0.1) is 0 Å². The Kier molecular flexibility index (Phi) is 10.2. The molecule has 1 fully saturated rings. The number of fused-ring (bicyclic) bond motifs is 2. The molecule has 264 valence electrons. The minimum atomic E-state index is -0.690. The van der Waals surface area contributed by atoms with Crippen molar-refractivity contribution < 1.29 is 37.3 Å². The van der Waals surface area contributed by atoms with Crippen LogP contribution in [0.3, 0.4) is 0 Å². The molecule has 0 atom stereocenters. The highest BCUT2D eigenvalue weighted by Gasteiger charge is 2.27. The molecule has 0 radical (unpaired) electrons. The molecule has 0 spiro atoms. The van der Waals surface area contributed by atoms with Crippen molar-refractivity contribution in [2.24, 2.45) is 0 Å². The van der Waals surface area contributed by atoms with E-state index in [1.807, 2.05) is 0 Å². The maximum atomic E-state index is 15.5. The fourth-order valence-corrected chi connectivity index (χ4v) is 6.38. The predicted octanol–water partition coefficient (Wildman–Crippen LogP) is 6.36. The Bertz CT molecular complexity index is 2110. The normalized spacial score (nSPS) is 14.3. The first-order valence-corrected chi connectivity index (χ1v) is 17.0.